The van der Waals surface area contributed by atoms with Crippen LogP contribution in [0, 0.1) is 11.8 Å². The molecule has 0 aromatic rings. The van der Waals surface area contributed by atoms with E-state index in [1.807, 2.05) is 0 Å². The summed E-state index contributed by atoms with van der Waals surface area (Å²) in [6.07, 6.45) is 32.3. The summed E-state index contributed by atoms with van der Waals surface area (Å²) < 4.78 is 67.6. The molecule has 0 fully saturated rings. The molecule has 0 heterocycles. The molecule has 0 saturated carbocycles. The number of rotatable bonds is 58. The van der Waals surface area contributed by atoms with Crippen LogP contribution in [0.4, 0.5) is 0 Å². The molecule has 0 rings (SSSR count). The van der Waals surface area contributed by atoms with Gasteiger partial charge in [0, 0.05) is 25.7 Å². The van der Waals surface area contributed by atoms with E-state index in [9.17, 15) is 43.2 Å². The van der Waals surface area contributed by atoms with E-state index in [0.29, 0.717) is 31.6 Å². The van der Waals surface area contributed by atoms with Crippen LogP contribution in [-0.4, -0.2) is 96.7 Å². The van der Waals surface area contributed by atoms with Crippen LogP contribution >= 0.6 is 15.6 Å². The zero-order chi connectivity index (χ0) is 58.0. The van der Waals surface area contributed by atoms with E-state index in [1.165, 1.54) is 83.5 Å². The molecular weight excluding hydrogens is 1040 g/mol. The fraction of sp³-hybridized carbons (Fsp3) is 0.932. The summed E-state index contributed by atoms with van der Waals surface area (Å²) in [6.45, 7) is 9.31. The Labute approximate surface area is 473 Å². The summed E-state index contributed by atoms with van der Waals surface area (Å²) in [6, 6.07) is 0. The second kappa shape index (κ2) is 51.9. The van der Waals surface area contributed by atoms with Gasteiger partial charge in [-0.3, -0.25) is 37.3 Å². The first-order valence-electron chi connectivity index (χ1n) is 31.0. The van der Waals surface area contributed by atoms with Gasteiger partial charge in [-0.25, -0.2) is 9.13 Å². The summed E-state index contributed by atoms with van der Waals surface area (Å²) in [5.41, 5.74) is 0. The fourth-order valence-corrected chi connectivity index (χ4v) is 10.2. The van der Waals surface area contributed by atoms with Crippen molar-refractivity contribution in [2.24, 2.45) is 11.8 Å². The maximum atomic E-state index is 12.9. The molecule has 0 aromatic carbocycles. The highest BCUT2D eigenvalue weighted by Gasteiger charge is 2.30. The number of phosphoric acid groups is 2. The van der Waals surface area contributed by atoms with Crippen LogP contribution < -0.4 is 0 Å². The second-order valence-electron chi connectivity index (χ2n) is 22.3. The zero-order valence-corrected chi connectivity index (χ0v) is 51.7. The molecule has 2 unspecified atom stereocenters. The normalized spacial score (nSPS) is 14.4. The molecule has 0 bridgehead atoms. The Bertz CT molecular complexity index is 1550. The minimum absolute atomic E-state index is 0.104. The molecule has 0 aliphatic rings. The first-order valence-corrected chi connectivity index (χ1v) is 34.0. The summed E-state index contributed by atoms with van der Waals surface area (Å²) in [5.74, 6) is -0.716. The van der Waals surface area contributed by atoms with Crippen molar-refractivity contribution in [1.82, 2.24) is 0 Å². The van der Waals surface area contributed by atoms with Gasteiger partial charge in [0.15, 0.2) is 12.2 Å². The predicted octanol–water partition coefficient (Wildman–Crippen LogP) is 15.7. The SMILES string of the molecule is CCCCCCCCCCC(=O)OC[C@H](COP(=O)(O)OC[C@H](O)COP(=O)(O)OC[C@@H](COC(=O)CCCCCCCCC(C)C)OC(=O)CCCCCCCCCCCCC(C)C)OC(=O)CCCCCCCCCC. The summed E-state index contributed by atoms with van der Waals surface area (Å²) in [5, 5.41) is 10.5. The highest BCUT2D eigenvalue weighted by molar-refractivity contribution is 7.47. The van der Waals surface area contributed by atoms with E-state index in [-0.39, 0.29) is 25.7 Å². The predicted molar refractivity (Wildman–Crippen MR) is 308 cm³/mol. The van der Waals surface area contributed by atoms with Crippen LogP contribution in [0.15, 0.2) is 0 Å². The van der Waals surface area contributed by atoms with Crippen molar-refractivity contribution in [2.75, 3.05) is 39.6 Å². The van der Waals surface area contributed by atoms with E-state index in [2.05, 4.69) is 41.5 Å². The van der Waals surface area contributed by atoms with Crippen molar-refractivity contribution in [3.05, 3.63) is 0 Å². The van der Waals surface area contributed by atoms with Gasteiger partial charge >= 0.3 is 39.5 Å². The number of unbranched alkanes of at least 4 members (excludes halogenated alkanes) is 28. The Morgan fingerprint density at radius 3 is 0.872 bits per heavy atom. The number of aliphatic hydroxyl groups excluding tert-OH is 1. The van der Waals surface area contributed by atoms with E-state index in [1.54, 1.807) is 0 Å². The topological polar surface area (TPSA) is 237 Å². The minimum atomic E-state index is -4.94. The average molecular weight is 1160 g/mol. The number of hydrogen-bond acceptors (Lipinski definition) is 15. The van der Waals surface area contributed by atoms with Gasteiger partial charge in [-0.2, -0.15) is 0 Å². The number of hydrogen-bond donors (Lipinski definition) is 3. The van der Waals surface area contributed by atoms with E-state index < -0.39 is 97.5 Å². The van der Waals surface area contributed by atoms with Gasteiger partial charge < -0.3 is 33.8 Å². The Morgan fingerprint density at radius 1 is 0.346 bits per heavy atom. The second-order valence-corrected chi connectivity index (χ2v) is 25.2. The molecule has 3 N–H and O–H groups in total. The van der Waals surface area contributed by atoms with Crippen molar-refractivity contribution in [3.63, 3.8) is 0 Å². The van der Waals surface area contributed by atoms with E-state index in [0.717, 1.165) is 115 Å². The molecule has 5 atom stereocenters. The van der Waals surface area contributed by atoms with Crippen molar-refractivity contribution >= 4 is 39.5 Å². The number of ether oxygens (including phenoxy) is 4. The lowest BCUT2D eigenvalue weighted by molar-refractivity contribution is -0.161. The number of aliphatic hydroxyl groups is 1. The molecule has 0 amide bonds. The largest absolute Gasteiger partial charge is 0.472 e. The van der Waals surface area contributed by atoms with Gasteiger partial charge in [-0.15, -0.1) is 0 Å². The Kier molecular flexibility index (Phi) is 50.6. The molecule has 0 saturated heterocycles. The Balaban J connectivity index is 5.21. The Hall–Kier alpha value is -1.94. The highest BCUT2D eigenvalue weighted by Crippen LogP contribution is 2.45. The monoisotopic (exact) mass is 1160 g/mol. The van der Waals surface area contributed by atoms with Crippen LogP contribution in [0.2, 0.25) is 0 Å². The first kappa shape index (κ1) is 76.1. The standard InChI is InChI=1S/C59H114O17P2/c1-7-9-11-13-15-22-29-35-41-56(61)69-47-54(75-58(63)43-37-31-23-16-14-12-10-8-2)49-73-77(65,66)71-45-53(60)46-72-78(67,68)74-50-55(48-70-57(62)42-36-30-26-25-28-34-40-52(5)6)76-59(64)44-38-32-24-20-18-17-19-21-27-33-39-51(3)4/h51-55,60H,7-50H2,1-6H3,(H,65,66)(H,67,68)/t53-,54+,55+/m0/s1. The lowest BCUT2D eigenvalue weighted by Crippen LogP contribution is -2.30. The number of phosphoric ester groups is 2. The third-order valence-electron chi connectivity index (χ3n) is 13.5. The third-order valence-corrected chi connectivity index (χ3v) is 15.4. The molecule has 78 heavy (non-hydrogen) atoms. The van der Waals surface area contributed by atoms with Gasteiger partial charge in [-0.1, -0.05) is 234 Å². The van der Waals surface area contributed by atoms with Crippen LogP contribution in [0.25, 0.3) is 0 Å². The van der Waals surface area contributed by atoms with E-state index >= 15 is 0 Å². The maximum Gasteiger partial charge on any atom is 0.472 e. The zero-order valence-electron chi connectivity index (χ0n) is 50.0. The van der Waals surface area contributed by atoms with Gasteiger partial charge in [0.05, 0.1) is 26.4 Å². The summed E-state index contributed by atoms with van der Waals surface area (Å²) in [7, 11) is -9.87. The quantitative estimate of drug-likeness (QED) is 0.0222. The third kappa shape index (κ3) is 53.4. The van der Waals surface area contributed by atoms with Gasteiger partial charge in [-0.05, 0) is 37.5 Å². The molecule has 462 valence electrons. The molecule has 0 radical (unpaired) electrons. The van der Waals surface area contributed by atoms with Crippen LogP contribution in [-0.2, 0) is 65.4 Å². The molecule has 0 spiro atoms. The van der Waals surface area contributed by atoms with Crippen molar-refractivity contribution in [3.8, 4) is 0 Å². The molecular formula is C59H114O17P2. The molecule has 19 heteroatoms. The first-order chi connectivity index (χ1) is 37.4. The number of carbonyl (C=O) groups is 4. The lowest BCUT2D eigenvalue weighted by Gasteiger charge is -2.21. The van der Waals surface area contributed by atoms with Crippen molar-refractivity contribution in [2.45, 2.75) is 304 Å². The van der Waals surface area contributed by atoms with Gasteiger partial charge in [0.25, 0.3) is 0 Å². The van der Waals surface area contributed by atoms with Crippen molar-refractivity contribution < 1.29 is 80.2 Å². The van der Waals surface area contributed by atoms with Gasteiger partial charge in [0.1, 0.15) is 19.3 Å². The summed E-state index contributed by atoms with van der Waals surface area (Å²) in [4.78, 5) is 71.8. The van der Waals surface area contributed by atoms with Crippen LogP contribution in [0.3, 0.4) is 0 Å². The smallest absolute Gasteiger partial charge is 0.462 e. The van der Waals surface area contributed by atoms with E-state index in [4.69, 9.17) is 37.0 Å². The van der Waals surface area contributed by atoms with Crippen LogP contribution in [0.1, 0.15) is 286 Å². The maximum absolute atomic E-state index is 12.9. The average Bonchev–Trinajstić information content (AvgIpc) is 3.39. The fourth-order valence-electron chi connectivity index (χ4n) is 8.65. The molecule has 0 aliphatic heterocycles. The molecule has 0 aromatic heterocycles. The molecule has 17 nitrogen and oxygen atoms in total. The van der Waals surface area contributed by atoms with Crippen LogP contribution in [0.5, 0.6) is 0 Å². The summed E-state index contributed by atoms with van der Waals surface area (Å²) >= 11 is 0. The minimum Gasteiger partial charge on any atom is -0.462 e. The Morgan fingerprint density at radius 2 is 0.590 bits per heavy atom. The number of esters is 4. The van der Waals surface area contributed by atoms with Gasteiger partial charge in [0.2, 0.25) is 0 Å². The number of carbonyl (C=O) groups excluding carboxylic acids is 4. The highest BCUT2D eigenvalue weighted by atomic mass is 31.2. The lowest BCUT2D eigenvalue weighted by atomic mass is 10.0. The molecule has 0 aliphatic carbocycles. The van der Waals surface area contributed by atoms with Crippen molar-refractivity contribution in [1.29, 1.82) is 0 Å².